The first-order valence-corrected chi connectivity index (χ1v) is 6.28. The SMILES string of the molecule is CCC1CCC(O)(CCCC(C)C)C1. The Kier molecular flexibility index (Phi) is 4.43. The molecular weight excluding hydrogens is 172 g/mol. The highest BCUT2D eigenvalue weighted by molar-refractivity contribution is 4.88. The Morgan fingerprint density at radius 3 is 2.64 bits per heavy atom. The lowest BCUT2D eigenvalue weighted by Crippen LogP contribution is -2.24. The smallest absolute Gasteiger partial charge is 0.0650 e. The van der Waals surface area contributed by atoms with Gasteiger partial charge in [-0.1, -0.05) is 40.0 Å². The summed E-state index contributed by atoms with van der Waals surface area (Å²) in [5.41, 5.74) is -0.296. The van der Waals surface area contributed by atoms with Crippen molar-refractivity contribution < 1.29 is 5.11 Å². The lowest BCUT2D eigenvalue weighted by atomic mass is 9.91. The van der Waals surface area contributed by atoms with E-state index in [9.17, 15) is 5.11 Å². The van der Waals surface area contributed by atoms with Crippen molar-refractivity contribution in [2.24, 2.45) is 11.8 Å². The van der Waals surface area contributed by atoms with E-state index in [1.54, 1.807) is 0 Å². The summed E-state index contributed by atoms with van der Waals surface area (Å²) in [6.07, 6.45) is 8.08. The van der Waals surface area contributed by atoms with E-state index in [0.717, 1.165) is 31.1 Å². The molecule has 0 aliphatic heterocycles. The maximum absolute atomic E-state index is 10.3. The maximum Gasteiger partial charge on any atom is 0.0650 e. The first-order valence-electron chi connectivity index (χ1n) is 6.28. The summed E-state index contributed by atoms with van der Waals surface area (Å²) in [5, 5.41) is 10.3. The highest BCUT2D eigenvalue weighted by atomic mass is 16.3. The molecule has 0 spiro atoms. The first-order chi connectivity index (χ1) is 6.56. The van der Waals surface area contributed by atoms with Crippen LogP contribution in [-0.4, -0.2) is 10.7 Å². The van der Waals surface area contributed by atoms with Crippen LogP contribution in [0.5, 0.6) is 0 Å². The van der Waals surface area contributed by atoms with Gasteiger partial charge in [-0.2, -0.15) is 0 Å². The highest BCUT2D eigenvalue weighted by Gasteiger charge is 2.35. The van der Waals surface area contributed by atoms with Gasteiger partial charge in [-0.15, -0.1) is 0 Å². The Morgan fingerprint density at radius 1 is 1.43 bits per heavy atom. The fraction of sp³-hybridized carbons (Fsp3) is 1.00. The standard InChI is InChI=1S/C13H26O/c1-4-12-7-9-13(14,10-12)8-5-6-11(2)3/h11-12,14H,4-10H2,1-3H3. The predicted molar refractivity (Wildman–Crippen MR) is 61.3 cm³/mol. The molecule has 14 heavy (non-hydrogen) atoms. The molecule has 1 nitrogen and oxygen atoms in total. The highest BCUT2D eigenvalue weighted by Crippen LogP contribution is 2.39. The molecular formula is C13H26O. The molecule has 0 aromatic heterocycles. The van der Waals surface area contributed by atoms with Gasteiger partial charge in [0, 0.05) is 0 Å². The van der Waals surface area contributed by atoms with Crippen LogP contribution in [0.25, 0.3) is 0 Å². The van der Waals surface area contributed by atoms with Gasteiger partial charge in [0.05, 0.1) is 5.60 Å². The van der Waals surface area contributed by atoms with Gasteiger partial charge in [-0.05, 0) is 37.5 Å². The molecule has 1 N–H and O–H groups in total. The fourth-order valence-corrected chi connectivity index (χ4v) is 2.63. The van der Waals surface area contributed by atoms with E-state index in [2.05, 4.69) is 20.8 Å². The Labute approximate surface area is 88.9 Å². The summed E-state index contributed by atoms with van der Waals surface area (Å²) in [5.74, 6) is 1.57. The molecule has 0 heterocycles. The molecule has 84 valence electrons. The third kappa shape index (κ3) is 3.61. The molecule has 1 heteroatoms. The van der Waals surface area contributed by atoms with Gasteiger partial charge in [0.25, 0.3) is 0 Å². The lowest BCUT2D eigenvalue weighted by molar-refractivity contribution is 0.0312. The van der Waals surface area contributed by atoms with Crippen LogP contribution in [0.3, 0.4) is 0 Å². The van der Waals surface area contributed by atoms with Crippen LogP contribution in [0, 0.1) is 11.8 Å². The third-order valence-electron chi connectivity index (χ3n) is 3.69. The van der Waals surface area contributed by atoms with E-state index in [0.29, 0.717) is 0 Å². The zero-order valence-corrected chi connectivity index (χ0v) is 10.1. The van der Waals surface area contributed by atoms with Crippen LogP contribution in [0.2, 0.25) is 0 Å². The van der Waals surface area contributed by atoms with Crippen LogP contribution in [-0.2, 0) is 0 Å². The van der Waals surface area contributed by atoms with Crippen LogP contribution < -0.4 is 0 Å². The predicted octanol–water partition coefficient (Wildman–Crippen LogP) is 3.75. The van der Waals surface area contributed by atoms with Crippen molar-refractivity contribution in [3.63, 3.8) is 0 Å². The second kappa shape index (κ2) is 5.16. The van der Waals surface area contributed by atoms with Crippen LogP contribution >= 0.6 is 0 Å². The molecule has 0 saturated heterocycles. The molecule has 0 aromatic rings. The molecule has 0 radical (unpaired) electrons. The molecule has 0 bridgehead atoms. The average Bonchev–Trinajstić information content (AvgIpc) is 2.47. The number of rotatable bonds is 5. The van der Waals surface area contributed by atoms with E-state index >= 15 is 0 Å². The molecule has 1 aliphatic carbocycles. The maximum atomic E-state index is 10.3. The Morgan fingerprint density at radius 2 is 2.14 bits per heavy atom. The monoisotopic (exact) mass is 198 g/mol. The van der Waals surface area contributed by atoms with Crippen molar-refractivity contribution in [3.05, 3.63) is 0 Å². The molecule has 1 saturated carbocycles. The molecule has 2 unspecified atom stereocenters. The summed E-state index contributed by atoms with van der Waals surface area (Å²) in [6, 6.07) is 0. The lowest BCUT2D eigenvalue weighted by Gasteiger charge is -2.23. The van der Waals surface area contributed by atoms with Gasteiger partial charge in [-0.3, -0.25) is 0 Å². The Hall–Kier alpha value is -0.0400. The van der Waals surface area contributed by atoms with Gasteiger partial charge in [0.1, 0.15) is 0 Å². The fourth-order valence-electron chi connectivity index (χ4n) is 2.63. The van der Waals surface area contributed by atoms with E-state index in [-0.39, 0.29) is 5.60 Å². The molecule has 1 fully saturated rings. The summed E-state index contributed by atoms with van der Waals surface area (Å²) < 4.78 is 0. The number of hydrogen-bond acceptors (Lipinski definition) is 1. The van der Waals surface area contributed by atoms with Gasteiger partial charge >= 0.3 is 0 Å². The summed E-state index contributed by atoms with van der Waals surface area (Å²) in [4.78, 5) is 0. The minimum Gasteiger partial charge on any atom is -0.390 e. The zero-order valence-electron chi connectivity index (χ0n) is 10.1. The van der Waals surface area contributed by atoms with Crippen molar-refractivity contribution in [2.45, 2.75) is 71.3 Å². The Balaban J connectivity index is 2.23. The topological polar surface area (TPSA) is 20.2 Å². The number of aliphatic hydroxyl groups is 1. The molecule has 0 aromatic carbocycles. The zero-order chi connectivity index (χ0) is 10.6. The minimum atomic E-state index is -0.296. The van der Waals surface area contributed by atoms with E-state index in [4.69, 9.17) is 0 Å². The minimum absolute atomic E-state index is 0.296. The third-order valence-corrected chi connectivity index (χ3v) is 3.69. The first kappa shape index (κ1) is 12.0. The van der Waals surface area contributed by atoms with Crippen molar-refractivity contribution in [1.29, 1.82) is 0 Å². The normalized spacial score (nSPS) is 32.8. The van der Waals surface area contributed by atoms with Gasteiger partial charge in [0.2, 0.25) is 0 Å². The van der Waals surface area contributed by atoms with E-state index in [1.807, 2.05) is 0 Å². The van der Waals surface area contributed by atoms with Crippen molar-refractivity contribution in [3.8, 4) is 0 Å². The second-order valence-corrected chi connectivity index (χ2v) is 5.53. The average molecular weight is 198 g/mol. The number of hydrogen-bond donors (Lipinski definition) is 1. The van der Waals surface area contributed by atoms with Gasteiger partial charge < -0.3 is 5.11 Å². The van der Waals surface area contributed by atoms with Crippen molar-refractivity contribution in [1.82, 2.24) is 0 Å². The van der Waals surface area contributed by atoms with Crippen LogP contribution in [0.4, 0.5) is 0 Å². The molecule has 1 rings (SSSR count). The Bertz CT molecular complexity index is 165. The van der Waals surface area contributed by atoms with E-state index in [1.165, 1.54) is 25.7 Å². The molecule has 0 amide bonds. The summed E-state index contributed by atoms with van der Waals surface area (Å²) in [7, 11) is 0. The molecule has 2 atom stereocenters. The van der Waals surface area contributed by atoms with Crippen LogP contribution in [0.1, 0.15) is 65.7 Å². The van der Waals surface area contributed by atoms with Gasteiger partial charge in [-0.25, -0.2) is 0 Å². The van der Waals surface area contributed by atoms with E-state index < -0.39 is 0 Å². The van der Waals surface area contributed by atoms with Crippen molar-refractivity contribution in [2.75, 3.05) is 0 Å². The van der Waals surface area contributed by atoms with Crippen LogP contribution in [0.15, 0.2) is 0 Å². The summed E-state index contributed by atoms with van der Waals surface area (Å²) in [6.45, 7) is 6.76. The largest absolute Gasteiger partial charge is 0.390 e. The van der Waals surface area contributed by atoms with Crippen molar-refractivity contribution >= 4 is 0 Å². The quantitative estimate of drug-likeness (QED) is 0.713. The molecule has 1 aliphatic rings. The summed E-state index contributed by atoms with van der Waals surface area (Å²) >= 11 is 0. The van der Waals surface area contributed by atoms with Gasteiger partial charge in [0.15, 0.2) is 0 Å². The second-order valence-electron chi connectivity index (χ2n) is 5.53.